The number of benzene rings is 3. The largest absolute Gasteiger partial charge is 0.507 e. The highest BCUT2D eigenvalue weighted by Crippen LogP contribution is 2.67. The Morgan fingerprint density at radius 1 is 0.918 bits per heavy atom. The van der Waals surface area contributed by atoms with E-state index in [2.05, 4.69) is 15.9 Å². The summed E-state index contributed by atoms with van der Waals surface area (Å²) in [6.45, 7) is 0. The van der Waals surface area contributed by atoms with Gasteiger partial charge in [0, 0.05) is 34.7 Å². The zero-order valence-corrected chi connectivity index (χ0v) is 29.3. The van der Waals surface area contributed by atoms with Gasteiger partial charge in [0.05, 0.1) is 37.2 Å². The zero-order valence-electron chi connectivity index (χ0n) is 26.2. The fraction of sp³-hybridized carbons (Fsp3) is 0.306. The Hall–Kier alpha value is -4.19. The number of hydrogen-bond donors (Lipinski definition) is 1. The molecule has 7 rings (SSSR count). The van der Waals surface area contributed by atoms with E-state index in [4.69, 9.17) is 32.7 Å². The number of ketones is 1. The quantitative estimate of drug-likeness (QED) is 0.109. The third-order valence-electron chi connectivity index (χ3n) is 10.3. The van der Waals surface area contributed by atoms with Crippen LogP contribution in [0, 0.1) is 17.8 Å². The molecule has 4 amide bonds. The van der Waals surface area contributed by atoms with Crippen molar-refractivity contribution in [1.29, 1.82) is 0 Å². The van der Waals surface area contributed by atoms with Crippen molar-refractivity contribution in [2.75, 3.05) is 24.6 Å². The van der Waals surface area contributed by atoms with Crippen molar-refractivity contribution in [2.24, 2.45) is 17.8 Å². The van der Waals surface area contributed by atoms with Crippen LogP contribution in [0.25, 0.3) is 0 Å². The Labute approximate surface area is 299 Å². The smallest absolute Gasteiger partial charge is 0.254 e. The third-order valence-corrected chi connectivity index (χ3v) is 12.2. The number of amides is 4. The van der Waals surface area contributed by atoms with Gasteiger partial charge in [-0.15, -0.1) is 23.2 Å². The number of halogens is 3. The van der Waals surface area contributed by atoms with E-state index in [1.807, 2.05) is 6.07 Å². The van der Waals surface area contributed by atoms with Gasteiger partial charge in [0.1, 0.15) is 17.2 Å². The Kier molecular flexibility index (Phi) is 8.16. The lowest BCUT2D eigenvalue weighted by Gasteiger charge is -2.51. The number of rotatable bonds is 7. The predicted molar refractivity (Wildman–Crippen MR) is 183 cm³/mol. The fourth-order valence-corrected chi connectivity index (χ4v) is 9.42. The fourth-order valence-electron chi connectivity index (χ4n) is 8.01. The van der Waals surface area contributed by atoms with Crippen LogP contribution in [-0.2, 0) is 19.2 Å². The summed E-state index contributed by atoms with van der Waals surface area (Å²) in [6.07, 6.45) is 1.68. The summed E-state index contributed by atoms with van der Waals surface area (Å²) >= 11 is 17.8. The van der Waals surface area contributed by atoms with Crippen LogP contribution in [0.2, 0.25) is 0 Å². The van der Waals surface area contributed by atoms with Gasteiger partial charge >= 0.3 is 0 Å². The maximum absolute atomic E-state index is 14.4. The van der Waals surface area contributed by atoms with Gasteiger partial charge in [-0.3, -0.25) is 33.8 Å². The van der Waals surface area contributed by atoms with Crippen LogP contribution in [0.1, 0.15) is 40.2 Å². The molecule has 10 nitrogen and oxygen atoms in total. The van der Waals surface area contributed by atoms with Crippen LogP contribution in [0.3, 0.4) is 0 Å². The second-order valence-corrected chi connectivity index (χ2v) is 14.2. The number of allylic oxidation sites excluding steroid dienone is 2. The molecular weight excluding hydrogens is 739 g/mol. The minimum Gasteiger partial charge on any atom is -0.507 e. The van der Waals surface area contributed by atoms with E-state index >= 15 is 0 Å². The number of phenolic OH excluding ortho intramolecular Hbond substituents is 1. The minimum atomic E-state index is -2.12. The second kappa shape index (κ2) is 12.0. The van der Waals surface area contributed by atoms with Gasteiger partial charge in [0.2, 0.25) is 11.8 Å². The molecule has 2 aliphatic carbocycles. The first kappa shape index (κ1) is 33.3. The normalized spacial score (nSPS) is 29.0. The van der Waals surface area contributed by atoms with E-state index in [0.717, 1.165) is 9.80 Å². The molecule has 2 saturated heterocycles. The number of phenols is 1. The van der Waals surface area contributed by atoms with E-state index in [-0.39, 0.29) is 46.9 Å². The van der Waals surface area contributed by atoms with Crippen LogP contribution in [0.4, 0.5) is 5.69 Å². The number of likely N-dealkylation sites (tertiary alicyclic amines) is 1. The number of imide groups is 2. The van der Waals surface area contributed by atoms with Crippen LogP contribution in [0.15, 0.2) is 78.4 Å². The Morgan fingerprint density at radius 2 is 1.59 bits per heavy atom. The lowest BCUT2D eigenvalue weighted by Crippen LogP contribution is -2.60. The summed E-state index contributed by atoms with van der Waals surface area (Å²) in [5.41, 5.74) is 1.60. The van der Waals surface area contributed by atoms with Crippen molar-refractivity contribution >= 4 is 74.2 Å². The monoisotopic (exact) mass is 766 g/mol. The van der Waals surface area contributed by atoms with E-state index in [1.165, 1.54) is 26.4 Å². The van der Waals surface area contributed by atoms with Gasteiger partial charge in [0.15, 0.2) is 15.5 Å². The number of anilines is 1. The Balaban J connectivity index is 1.32. The number of aromatic hydroxyl groups is 1. The summed E-state index contributed by atoms with van der Waals surface area (Å²) < 4.78 is 11.0. The first-order chi connectivity index (χ1) is 23.4. The van der Waals surface area contributed by atoms with Gasteiger partial charge in [-0.25, -0.2) is 0 Å². The molecule has 0 radical (unpaired) electrons. The first-order valence-electron chi connectivity index (χ1n) is 15.5. The molecule has 3 fully saturated rings. The number of carbonyl (C=O) groups is 5. The molecule has 1 N–H and O–H groups in total. The molecule has 0 aromatic heterocycles. The highest BCUT2D eigenvalue weighted by molar-refractivity contribution is 9.09. The van der Waals surface area contributed by atoms with Crippen molar-refractivity contribution in [3.05, 3.63) is 95.1 Å². The maximum Gasteiger partial charge on any atom is 0.254 e. The van der Waals surface area contributed by atoms with E-state index in [9.17, 15) is 29.1 Å². The third kappa shape index (κ3) is 4.62. The van der Waals surface area contributed by atoms with Gasteiger partial charge in [-0.05, 0) is 43.0 Å². The van der Waals surface area contributed by atoms with Crippen LogP contribution < -0.4 is 14.4 Å². The van der Waals surface area contributed by atoms with E-state index in [0.29, 0.717) is 22.4 Å². The van der Waals surface area contributed by atoms with Crippen LogP contribution >= 0.6 is 39.1 Å². The van der Waals surface area contributed by atoms with Gasteiger partial charge in [-0.2, -0.15) is 0 Å². The molecule has 2 aliphatic heterocycles. The number of methoxy groups -OCH3 is 2. The summed E-state index contributed by atoms with van der Waals surface area (Å²) in [6, 6.07) is 17.9. The summed E-state index contributed by atoms with van der Waals surface area (Å²) in [5, 5.41) is 11.4. The van der Waals surface area contributed by atoms with E-state index in [1.54, 1.807) is 54.6 Å². The van der Waals surface area contributed by atoms with Crippen molar-refractivity contribution in [3.63, 3.8) is 0 Å². The van der Waals surface area contributed by atoms with Gasteiger partial charge in [-0.1, -0.05) is 57.9 Å². The van der Waals surface area contributed by atoms with Crippen molar-refractivity contribution < 1.29 is 38.6 Å². The molecule has 0 spiro atoms. The molecule has 0 bridgehead atoms. The highest BCUT2D eigenvalue weighted by Gasteiger charge is 2.76. The molecular formula is C36H29BrCl2N2O8. The maximum atomic E-state index is 14.4. The SMILES string of the molecule is COc1cc(O)c([C@H]2C3=CC[C@@H]4C(=O)N(c5ccc(C(=O)c6ccccc6)cc5)C(=O)[C@@H]4[C@@H]3C[C@@]3(Cl)C(=O)N(CBr)C(=O)[C@@]23Cl)c(OC)c1. The summed E-state index contributed by atoms with van der Waals surface area (Å²) in [4.78, 5) is 67.2. The van der Waals surface area contributed by atoms with Crippen LogP contribution in [-0.4, -0.2) is 68.8 Å². The topological polar surface area (TPSA) is 131 Å². The molecule has 3 aromatic carbocycles. The Morgan fingerprint density at radius 3 is 2.22 bits per heavy atom. The van der Waals surface area contributed by atoms with Crippen molar-refractivity contribution in [1.82, 2.24) is 4.90 Å². The molecule has 0 unspecified atom stereocenters. The molecule has 2 heterocycles. The van der Waals surface area contributed by atoms with E-state index < -0.39 is 57.0 Å². The lowest BCUT2D eigenvalue weighted by molar-refractivity contribution is -0.138. The molecule has 13 heteroatoms. The summed E-state index contributed by atoms with van der Waals surface area (Å²) in [5.74, 6) is -6.37. The van der Waals surface area contributed by atoms with Gasteiger partial charge < -0.3 is 14.6 Å². The number of fused-ring (bicyclic) bond motifs is 4. The molecule has 252 valence electrons. The molecule has 3 aromatic rings. The standard InChI is InChI=1S/C36H29BrCl2N2O8/c1-48-21-14-25(42)28(26(15-21)49-2)29-22-12-13-23-27(24(22)16-35(38)33(46)40(17-37)34(47)36(29,35)39)32(45)41(31(23)44)20-10-8-19(9-11-20)30(43)18-6-4-3-5-7-18/h3-12,14-15,23-24,27,29,42H,13,16-17H2,1-2H3/t23-,24+,27-,29+,35+,36-/m0/s1. The van der Waals surface area contributed by atoms with Crippen LogP contribution in [0.5, 0.6) is 17.2 Å². The average Bonchev–Trinajstić information content (AvgIpc) is 3.45. The zero-order chi connectivity index (χ0) is 35.0. The average molecular weight is 768 g/mol. The number of ether oxygens (including phenoxy) is 2. The molecule has 4 aliphatic rings. The number of nitrogens with zero attached hydrogens (tertiary/aromatic N) is 2. The first-order valence-corrected chi connectivity index (χ1v) is 17.3. The van der Waals surface area contributed by atoms with Crippen molar-refractivity contribution in [3.8, 4) is 17.2 Å². The molecule has 49 heavy (non-hydrogen) atoms. The van der Waals surface area contributed by atoms with Crippen molar-refractivity contribution in [2.45, 2.75) is 28.5 Å². The molecule has 1 saturated carbocycles. The predicted octanol–water partition coefficient (Wildman–Crippen LogP) is 5.56. The summed E-state index contributed by atoms with van der Waals surface area (Å²) in [7, 11) is 2.79. The number of carbonyl (C=O) groups excluding carboxylic acids is 5. The van der Waals surface area contributed by atoms with Gasteiger partial charge in [0.25, 0.3) is 11.8 Å². The molecule has 6 atom stereocenters. The Bertz CT molecular complexity index is 1970. The second-order valence-electron chi connectivity index (χ2n) is 12.5. The number of hydrogen-bond acceptors (Lipinski definition) is 8. The number of alkyl halides is 3. The minimum absolute atomic E-state index is 0.0996. The highest BCUT2D eigenvalue weighted by atomic mass is 79.9. The lowest BCUT2D eigenvalue weighted by atomic mass is 9.56.